The highest BCUT2D eigenvalue weighted by molar-refractivity contribution is 7.99. The van der Waals surface area contributed by atoms with Gasteiger partial charge in [-0.15, -0.1) is 5.10 Å². The van der Waals surface area contributed by atoms with Gasteiger partial charge in [-0.25, -0.2) is 19.0 Å². The van der Waals surface area contributed by atoms with Crippen LogP contribution in [0, 0.1) is 5.82 Å². The topological polar surface area (TPSA) is 69.4 Å². The summed E-state index contributed by atoms with van der Waals surface area (Å²) in [5.74, 6) is -0.322. The molecule has 2 aromatic heterocycles. The van der Waals surface area contributed by atoms with Crippen LogP contribution >= 0.6 is 11.8 Å². The van der Waals surface area contributed by atoms with Crippen LogP contribution in [-0.2, 0) is 0 Å². The second kappa shape index (κ2) is 5.12. The summed E-state index contributed by atoms with van der Waals surface area (Å²) in [7, 11) is 0. The van der Waals surface area contributed by atoms with Crippen molar-refractivity contribution in [3.8, 4) is 0 Å². The molecule has 102 valence electrons. The predicted molar refractivity (Wildman–Crippen MR) is 71.8 cm³/mol. The number of tetrazole rings is 1. The Morgan fingerprint density at radius 2 is 2.10 bits per heavy atom. The first-order chi connectivity index (χ1) is 9.65. The molecule has 0 amide bonds. The van der Waals surface area contributed by atoms with E-state index in [1.165, 1.54) is 30.2 Å². The molecule has 0 bridgehead atoms. The van der Waals surface area contributed by atoms with E-state index in [9.17, 15) is 4.39 Å². The Balaban J connectivity index is 2.06. The van der Waals surface area contributed by atoms with Gasteiger partial charge in [0.25, 0.3) is 0 Å². The number of halogens is 1. The normalized spacial score (nSPS) is 11.4. The fourth-order valence-electron chi connectivity index (χ4n) is 1.75. The van der Waals surface area contributed by atoms with Gasteiger partial charge < -0.3 is 0 Å². The van der Waals surface area contributed by atoms with Gasteiger partial charge in [-0.3, -0.25) is 0 Å². The monoisotopic (exact) mass is 290 g/mol. The molecular formula is C12H11FN6S. The summed E-state index contributed by atoms with van der Waals surface area (Å²) in [6.07, 6.45) is 1.45. The molecule has 20 heavy (non-hydrogen) atoms. The molecule has 3 aromatic rings. The van der Waals surface area contributed by atoms with Crippen molar-refractivity contribution in [3.63, 3.8) is 0 Å². The molecule has 0 aliphatic rings. The molecule has 0 atom stereocenters. The molecule has 0 fully saturated rings. The fourth-order valence-corrected chi connectivity index (χ4v) is 2.71. The molecule has 8 heteroatoms. The average Bonchev–Trinajstić information content (AvgIpc) is 2.88. The van der Waals surface area contributed by atoms with Gasteiger partial charge >= 0.3 is 0 Å². The van der Waals surface area contributed by atoms with Gasteiger partial charge in [0.15, 0.2) is 0 Å². The lowest BCUT2D eigenvalue weighted by Crippen LogP contribution is -2.04. The van der Waals surface area contributed by atoms with Crippen LogP contribution in [0.15, 0.2) is 34.7 Å². The smallest absolute Gasteiger partial charge is 0.215 e. The summed E-state index contributed by atoms with van der Waals surface area (Å²) in [6, 6.07) is 4.56. The van der Waals surface area contributed by atoms with E-state index in [0.29, 0.717) is 21.1 Å². The van der Waals surface area contributed by atoms with Crippen LogP contribution < -0.4 is 0 Å². The Kier molecular flexibility index (Phi) is 3.31. The van der Waals surface area contributed by atoms with Crippen molar-refractivity contribution in [2.24, 2.45) is 0 Å². The first-order valence-corrected chi connectivity index (χ1v) is 6.83. The number of benzene rings is 1. The number of nitrogens with zero attached hydrogens (tertiary/aromatic N) is 6. The highest BCUT2D eigenvalue weighted by Crippen LogP contribution is 2.30. The van der Waals surface area contributed by atoms with Gasteiger partial charge in [0.05, 0.1) is 11.6 Å². The van der Waals surface area contributed by atoms with Gasteiger partial charge in [0, 0.05) is 5.39 Å². The summed E-state index contributed by atoms with van der Waals surface area (Å²) in [5, 5.41) is 13.5. The van der Waals surface area contributed by atoms with Gasteiger partial charge in [-0.2, -0.15) is 0 Å². The van der Waals surface area contributed by atoms with Gasteiger partial charge in [-0.05, 0) is 54.2 Å². The van der Waals surface area contributed by atoms with Gasteiger partial charge in [0.2, 0.25) is 5.16 Å². The van der Waals surface area contributed by atoms with E-state index in [0.717, 1.165) is 0 Å². The number of rotatable bonds is 3. The lowest BCUT2D eigenvalue weighted by Gasteiger charge is -2.07. The zero-order valence-electron chi connectivity index (χ0n) is 10.9. The average molecular weight is 290 g/mol. The van der Waals surface area contributed by atoms with E-state index in [1.54, 1.807) is 10.7 Å². The van der Waals surface area contributed by atoms with E-state index in [1.807, 2.05) is 13.8 Å². The second-order valence-corrected chi connectivity index (χ2v) is 5.40. The van der Waals surface area contributed by atoms with Crippen LogP contribution in [0.2, 0.25) is 0 Å². The van der Waals surface area contributed by atoms with Crippen LogP contribution in [0.3, 0.4) is 0 Å². The molecule has 0 radical (unpaired) electrons. The molecule has 0 aliphatic heterocycles. The van der Waals surface area contributed by atoms with Gasteiger partial charge in [-0.1, -0.05) is 0 Å². The Labute approximate surface area is 118 Å². The molecule has 6 nitrogen and oxygen atoms in total. The highest BCUT2D eigenvalue weighted by Gasteiger charge is 2.14. The van der Waals surface area contributed by atoms with Crippen LogP contribution in [0.5, 0.6) is 0 Å². The van der Waals surface area contributed by atoms with Crippen LogP contribution in [0.1, 0.15) is 19.9 Å². The van der Waals surface area contributed by atoms with E-state index < -0.39 is 0 Å². The molecule has 2 heterocycles. The van der Waals surface area contributed by atoms with Gasteiger partial charge in [0.1, 0.15) is 17.2 Å². The molecule has 0 N–H and O–H groups in total. The largest absolute Gasteiger partial charge is 0.236 e. The molecular weight excluding hydrogens is 279 g/mol. The minimum Gasteiger partial charge on any atom is -0.236 e. The zero-order chi connectivity index (χ0) is 14.1. The Morgan fingerprint density at radius 1 is 1.25 bits per heavy atom. The van der Waals surface area contributed by atoms with E-state index in [2.05, 4.69) is 25.5 Å². The lowest BCUT2D eigenvalue weighted by molar-refractivity contribution is 0.477. The van der Waals surface area contributed by atoms with Crippen molar-refractivity contribution in [1.82, 2.24) is 30.2 Å². The SMILES string of the molecule is CC(C)n1nnnc1Sc1ncnc2ccc(F)cc12. The number of hydrogen-bond acceptors (Lipinski definition) is 6. The van der Waals surface area contributed by atoms with Crippen molar-refractivity contribution in [2.75, 3.05) is 0 Å². The molecule has 0 aliphatic carbocycles. The summed E-state index contributed by atoms with van der Waals surface area (Å²) >= 11 is 1.30. The van der Waals surface area contributed by atoms with Crippen molar-refractivity contribution >= 4 is 22.7 Å². The van der Waals surface area contributed by atoms with Crippen LogP contribution in [-0.4, -0.2) is 30.2 Å². The number of fused-ring (bicyclic) bond motifs is 1. The standard InChI is InChI=1S/C12H11FN6S/c1-7(2)19-12(16-17-18-19)20-11-9-5-8(13)3-4-10(9)14-6-15-11/h3-7H,1-2H3. The Bertz CT molecular complexity index is 757. The quantitative estimate of drug-likeness (QED) is 0.690. The van der Waals surface area contributed by atoms with Crippen molar-refractivity contribution in [3.05, 3.63) is 30.3 Å². The molecule has 1 aromatic carbocycles. The third-order valence-electron chi connectivity index (χ3n) is 2.70. The maximum Gasteiger partial charge on any atom is 0.215 e. The lowest BCUT2D eigenvalue weighted by atomic mass is 10.2. The molecule has 3 rings (SSSR count). The summed E-state index contributed by atoms with van der Waals surface area (Å²) in [5.41, 5.74) is 0.687. The zero-order valence-corrected chi connectivity index (χ0v) is 11.7. The minimum atomic E-state index is -0.322. The van der Waals surface area contributed by atoms with Crippen molar-refractivity contribution < 1.29 is 4.39 Å². The first-order valence-electron chi connectivity index (χ1n) is 6.01. The Hall–Kier alpha value is -2.09. The molecule has 0 saturated heterocycles. The second-order valence-electron chi connectivity index (χ2n) is 4.44. The summed E-state index contributed by atoms with van der Waals surface area (Å²) in [6.45, 7) is 3.97. The summed E-state index contributed by atoms with van der Waals surface area (Å²) in [4.78, 5) is 8.32. The van der Waals surface area contributed by atoms with Crippen LogP contribution in [0.4, 0.5) is 4.39 Å². The predicted octanol–water partition coefficient (Wildman–Crippen LogP) is 2.49. The molecule has 0 saturated carbocycles. The maximum absolute atomic E-state index is 13.4. The Morgan fingerprint density at radius 3 is 2.90 bits per heavy atom. The van der Waals surface area contributed by atoms with E-state index >= 15 is 0 Å². The van der Waals surface area contributed by atoms with E-state index in [4.69, 9.17) is 0 Å². The number of hydrogen-bond donors (Lipinski definition) is 0. The van der Waals surface area contributed by atoms with Crippen LogP contribution in [0.25, 0.3) is 10.9 Å². The van der Waals surface area contributed by atoms with Crippen molar-refractivity contribution in [2.45, 2.75) is 30.1 Å². The van der Waals surface area contributed by atoms with Crippen molar-refractivity contribution in [1.29, 1.82) is 0 Å². The molecule has 0 spiro atoms. The third-order valence-corrected chi connectivity index (χ3v) is 3.67. The summed E-state index contributed by atoms with van der Waals surface area (Å²) < 4.78 is 15.1. The highest BCUT2D eigenvalue weighted by atomic mass is 32.2. The fraction of sp³-hybridized carbons (Fsp3) is 0.250. The molecule has 0 unspecified atom stereocenters. The third kappa shape index (κ3) is 2.34. The minimum absolute atomic E-state index is 0.136. The first kappa shape index (κ1) is 12.9. The van der Waals surface area contributed by atoms with E-state index in [-0.39, 0.29) is 11.9 Å². The maximum atomic E-state index is 13.4. The number of aromatic nitrogens is 6.